The van der Waals surface area contributed by atoms with E-state index in [1.54, 1.807) is 40.7 Å². The number of aromatic nitrogens is 1. The zero-order valence-corrected chi connectivity index (χ0v) is 13.7. The lowest BCUT2D eigenvalue weighted by Crippen LogP contribution is -2.42. The van der Waals surface area contributed by atoms with E-state index in [2.05, 4.69) is 0 Å². The minimum Gasteiger partial charge on any atom is -0.443 e. The molecule has 2 N–H and O–H groups in total. The normalized spacial score (nSPS) is 11.8. The zero-order valence-electron chi connectivity index (χ0n) is 13.7. The molecule has 0 saturated carbocycles. The van der Waals surface area contributed by atoms with Gasteiger partial charge < -0.3 is 24.3 Å². The Hall–Kier alpha value is -1.35. The highest BCUT2D eigenvalue weighted by Crippen LogP contribution is 2.20. The molecule has 0 amide bonds. The van der Waals surface area contributed by atoms with Gasteiger partial charge in [-0.3, -0.25) is 4.57 Å². The second kappa shape index (κ2) is 7.78. The van der Waals surface area contributed by atoms with Crippen LogP contribution in [0.2, 0.25) is 0 Å². The van der Waals surface area contributed by atoms with Gasteiger partial charge in [0.2, 0.25) is 0 Å². The van der Waals surface area contributed by atoms with Crippen LogP contribution < -0.4 is 5.59 Å². The number of ether oxygens (including phenoxy) is 3. The molecule has 1 rings (SSSR count). The van der Waals surface area contributed by atoms with Crippen molar-refractivity contribution in [3.8, 4) is 0 Å². The summed E-state index contributed by atoms with van der Waals surface area (Å²) < 4.78 is 17.3. The van der Waals surface area contributed by atoms with Gasteiger partial charge in [-0.15, -0.1) is 0 Å². The van der Waals surface area contributed by atoms with Gasteiger partial charge in [-0.1, -0.05) is 0 Å². The van der Waals surface area contributed by atoms with Crippen molar-refractivity contribution in [1.29, 1.82) is 0 Å². The Kier molecular flexibility index (Phi) is 6.61. The fraction of sp³-hybridized carbons (Fsp3) is 0.643. The Bertz CT molecular complexity index is 488. The average Bonchev–Trinajstić information content (AvgIpc) is 2.81. The second-order valence-electron chi connectivity index (χ2n) is 5.62. The van der Waals surface area contributed by atoms with Gasteiger partial charge in [0.05, 0.1) is 11.3 Å². The van der Waals surface area contributed by atoms with Crippen LogP contribution in [0.15, 0.2) is 12.1 Å². The molecule has 0 bridgehead atoms. The first-order valence-electron chi connectivity index (χ1n) is 7.25. The van der Waals surface area contributed by atoms with E-state index in [0.717, 1.165) is 4.57 Å². The monoisotopic (exact) mass is 313 g/mol. The molecule has 0 fully saturated rings. The molecule has 1 aromatic heterocycles. The van der Waals surface area contributed by atoms with Crippen molar-refractivity contribution in [3.05, 3.63) is 17.8 Å². The molecule has 0 aliphatic carbocycles. The van der Waals surface area contributed by atoms with Crippen LogP contribution in [-0.4, -0.2) is 46.6 Å². The third-order valence-corrected chi connectivity index (χ3v) is 2.66. The van der Waals surface area contributed by atoms with Gasteiger partial charge in [-0.2, -0.15) is 0 Å². The van der Waals surface area contributed by atoms with E-state index in [9.17, 15) is 14.8 Å². The Labute approximate surface area is 130 Å². The number of nitrogens with zero attached hydrogens (tertiary/aromatic N) is 1. The summed E-state index contributed by atoms with van der Waals surface area (Å²) in [5, 5.41) is 18.9. The summed E-state index contributed by atoms with van der Waals surface area (Å²) in [6, 6.07) is 2.98. The topological polar surface area (TPSA) is 90.2 Å². The molecule has 124 valence electrons. The van der Waals surface area contributed by atoms with E-state index < -0.39 is 25.1 Å². The van der Waals surface area contributed by atoms with Gasteiger partial charge in [0, 0.05) is 13.2 Å². The highest BCUT2D eigenvalue weighted by molar-refractivity contribution is 6.58. The van der Waals surface area contributed by atoms with Crippen LogP contribution in [0.25, 0.3) is 0 Å². The first kappa shape index (κ1) is 18.7. The fourth-order valence-electron chi connectivity index (χ4n) is 1.89. The lowest BCUT2D eigenvalue weighted by atomic mass is 9.86. The van der Waals surface area contributed by atoms with E-state index in [0.29, 0.717) is 18.9 Å². The SMILES string of the molecule is CCOC(OCC)c1ccc(B(O)O)n1C(=O)OC(C)(C)C. The largest absolute Gasteiger partial charge is 0.506 e. The molecule has 1 aromatic rings. The molecule has 0 unspecified atom stereocenters. The van der Waals surface area contributed by atoms with Gasteiger partial charge in [0.15, 0.2) is 6.29 Å². The summed E-state index contributed by atoms with van der Waals surface area (Å²) in [6.07, 6.45) is -1.52. The fourth-order valence-corrected chi connectivity index (χ4v) is 1.89. The van der Waals surface area contributed by atoms with Gasteiger partial charge in [0.1, 0.15) is 5.60 Å². The zero-order chi connectivity index (χ0) is 16.9. The van der Waals surface area contributed by atoms with Gasteiger partial charge in [0.25, 0.3) is 0 Å². The molecule has 0 aromatic carbocycles. The van der Waals surface area contributed by atoms with Crippen LogP contribution in [0.3, 0.4) is 0 Å². The van der Waals surface area contributed by atoms with Gasteiger partial charge in [-0.25, -0.2) is 4.79 Å². The van der Waals surface area contributed by atoms with Gasteiger partial charge >= 0.3 is 13.2 Å². The molecule has 0 aliphatic rings. The summed E-state index contributed by atoms with van der Waals surface area (Å²) in [4.78, 5) is 12.4. The van der Waals surface area contributed by atoms with Crippen molar-refractivity contribution in [2.24, 2.45) is 0 Å². The molecule has 0 spiro atoms. The Morgan fingerprint density at radius 1 is 1.23 bits per heavy atom. The molecular weight excluding hydrogens is 289 g/mol. The van der Waals surface area contributed by atoms with E-state index in [1.165, 1.54) is 6.07 Å². The average molecular weight is 313 g/mol. The highest BCUT2D eigenvalue weighted by atomic mass is 16.7. The number of rotatable bonds is 6. The Morgan fingerprint density at radius 2 is 1.77 bits per heavy atom. The smallest absolute Gasteiger partial charge is 0.443 e. The van der Waals surface area contributed by atoms with Crippen LogP contribution in [0.1, 0.15) is 46.6 Å². The molecule has 1 heterocycles. The van der Waals surface area contributed by atoms with Crippen LogP contribution in [-0.2, 0) is 14.2 Å². The molecule has 0 aliphatic heterocycles. The first-order chi connectivity index (χ1) is 10.2. The van der Waals surface area contributed by atoms with E-state index >= 15 is 0 Å². The third kappa shape index (κ3) is 4.84. The van der Waals surface area contributed by atoms with E-state index in [-0.39, 0.29) is 5.59 Å². The molecule has 0 radical (unpaired) electrons. The minimum atomic E-state index is -1.81. The maximum absolute atomic E-state index is 12.4. The third-order valence-electron chi connectivity index (χ3n) is 2.66. The predicted molar refractivity (Wildman–Crippen MR) is 81.9 cm³/mol. The molecule has 7 nitrogen and oxygen atoms in total. The summed E-state index contributed by atoms with van der Waals surface area (Å²) >= 11 is 0. The van der Waals surface area contributed by atoms with Gasteiger partial charge in [-0.05, 0) is 46.8 Å². The summed E-state index contributed by atoms with van der Waals surface area (Å²) in [5.41, 5.74) is -0.377. The summed E-state index contributed by atoms with van der Waals surface area (Å²) in [7, 11) is -1.81. The van der Waals surface area contributed by atoms with Crippen LogP contribution in [0.4, 0.5) is 4.79 Å². The number of carbonyl (C=O) groups excluding carboxylic acids is 1. The highest BCUT2D eigenvalue weighted by Gasteiger charge is 2.30. The predicted octanol–water partition coefficient (Wildman–Crippen LogP) is 1.02. The molecular formula is C14H24BNO6. The van der Waals surface area contributed by atoms with Crippen LogP contribution in [0, 0.1) is 0 Å². The molecule has 8 heteroatoms. The second-order valence-corrected chi connectivity index (χ2v) is 5.62. The molecule has 0 saturated heterocycles. The molecule has 0 atom stereocenters. The van der Waals surface area contributed by atoms with Crippen molar-refractivity contribution in [2.75, 3.05) is 13.2 Å². The van der Waals surface area contributed by atoms with Crippen LogP contribution >= 0.6 is 0 Å². The molecule has 22 heavy (non-hydrogen) atoms. The van der Waals surface area contributed by atoms with Crippen molar-refractivity contribution in [3.63, 3.8) is 0 Å². The summed E-state index contributed by atoms with van der Waals surface area (Å²) in [5.74, 6) is 0. The van der Waals surface area contributed by atoms with Crippen molar-refractivity contribution in [2.45, 2.75) is 46.5 Å². The van der Waals surface area contributed by atoms with Crippen LogP contribution in [0.5, 0.6) is 0 Å². The number of carbonyl (C=O) groups is 1. The minimum absolute atomic E-state index is 0.00587. The maximum atomic E-state index is 12.4. The van der Waals surface area contributed by atoms with Crippen molar-refractivity contribution in [1.82, 2.24) is 4.57 Å². The van der Waals surface area contributed by atoms with E-state index in [1.807, 2.05) is 0 Å². The first-order valence-corrected chi connectivity index (χ1v) is 7.25. The Balaban J connectivity index is 3.25. The number of hydrogen-bond donors (Lipinski definition) is 2. The lowest BCUT2D eigenvalue weighted by Gasteiger charge is -2.24. The summed E-state index contributed by atoms with van der Waals surface area (Å²) in [6.45, 7) is 9.54. The lowest BCUT2D eigenvalue weighted by molar-refractivity contribution is -0.143. The van der Waals surface area contributed by atoms with Crippen molar-refractivity contribution < 1.29 is 29.1 Å². The maximum Gasteiger partial charge on any atom is 0.506 e. The quantitative estimate of drug-likeness (QED) is 0.602. The Morgan fingerprint density at radius 3 is 2.18 bits per heavy atom. The van der Waals surface area contributed by atoms with Crippen molar-refractivity contribution >= 4 is 18.8 Å². The van der Waals surface area contributed by atoms with E-state index in [4.69, 9.17) is 14.2 Å². The number of hydrogen-bond acceptors (Lipinski definition) is 6. The standard InChI is InChI=1S/C14H24BNO6/c1-6-20-12(21-7-2)10-8-9-11(15(18)19)16(10)13(17)22-14(3,4)5/h8-9,12,18-19H,6-7H2,1-5H3.